The van der Waals surface area contributed by atoms with E-state index in [1.54, 1.807) is 19.1 Å². The Morgan fingerprint density at radius 1 is 1.15 bits per heavy atom. The number of anilines is 1. The normalized spacial score (nSPS) is 12.4. The quantitative estimate of drug-likeness (QED) is 0.815. The van der Waals surface area contributed by atoms with Crippen molar-refractivity contribution in [3.63, 3.8) is 0 Å². The van der Waals surface area contributed by atoms with Gasteiger partial charge in [0.25, 0.3) is 5.91 Å². The Kier molecular flexibility index (Phi) is 5.37. The zero-order chi connectivity index (χ0) is 18.7. The van der Waals surface area contributed by atoms with Crippen molar-refractivity contribution in [1.29, 1.82) is 0 Å². The molecule has 6 nitrogen and oxygen atoms in total. The Balaban J connectivity index is 1.58. The largest absolute Gasteiger partial charge is 0.465 e. The summed E-state index contributed by atoms with van der Waals surface area (Å²) in [6, 6.07) is 6.72. The third-order valence-electron chi connectivity index (χ3n) is 4.21. The number of hydrogen-bond acceptors (Lipinski definition) is 6. The molecule has 0 aliphatic heterocycles. The fourth-order valence-electron chi connectivity index (χ4n) is 2.82. The van der Waals surface area contributed by atoms with Crippen LogP contribution in [0.3, 0.4) is 0 Å². The maximum atomic E-state index is 12.1. The second kappa shape index (κ2) is 7.70. The molecule has 0 unspecified atom stereocenters. The summed E-state index contributed by atoms with van der Waals surface area (Å²) in [6.07, 6.45) is 3.13. The van der Waals surface area contributed by atoms with Gasteiger partial charge in [0.15, 0.2) is 6.61 Å². The molecule has 26 heavy (non-hydrogen) atoms. The van der Waals surface area contributed by atoms with Crippen LogP contribution in [0.5, 0.6) is 0 Å². The smallest absolute Gasteiger partial charge is 0.348 e. The van der Waals surface area contributed by atoms with Crippen LogP contribution in [-0.4, -0.2) is 31.6 Å². The molecule has 1 aliphatic rings. The second-order valence-electron chi connectivity index (χ2n) is 6.06. The number of carbonyl (C=O) groups is 3. The minimum Gasteiger partial charge on any atom is -0.465 e. The maximum Gasteiger partial charge on any atom is 0.348 e. The van der Waals surface area contributed by atoms with Gasteiger partial charge in [-0.25, -0.2) is 9.59 Å². The van der Waals surface area contributed by atoms with Gasteiger partial charge in [-0.05, 0) is 55.5 Å². The van der Waals surface area contributed by atoms with Crippen LogP contribution < -0.4 is 5.32 Å². The third-order valence-corrected chi connectivity index (χ3v) is 5.43. The third kappa shape index (κ3) is 3.94. The number of amides is 1. The Bertz CT molecular complexity index is 849. The van der Waals surface area contributed by atoms with Gasteiger partial charge >= 0.3 is 11.9 Å². The molecule has 1 heterocycles. The van der Waals surface area contributed by atoms with Crippen molar-refractivity contribution in [1.82, 2.24) is 0 Å². The molecule has 1 aromatic carbocycles. The lowest BCUT2D eigenvalue weighted by Gasteiger charge is -2.10. The highest BCUT2D eigenvalue weighted by atomic mass is 32.1. The van der Waals surface area contributed by atoms with E-state index in [-0.39, 0.29) is 6.61 Å². The predicted octanol–water partition coefficient (Wildman–Crippen LogP) is 3.13. The number of carbonyl (C=O) groups excluding carboxylic acids is 3. The molecule has 1 N–H and O–H groups in total. The number of thiophene rings is 1. The number of ether oxygens (including phenoxy) is 2. The zero-order valence-corrected chi connectivity index (χ0v) is 15.4. The molecule has 3 rings (SSSR count). The SMILES string of the molecule is COC(=O)c1ccc(C)c(NC(=O)COC(=O)c2cc3c(s2)CCC3)c1. The van der Waals surface area contributed by atoms with Crippen LogP contribution in [0.25, 0.3) is 0 Å². The van der Waals surface area contributed by atoms with Crippen molar-refractivity contribution in [2.75, 3.05) is 19.0 Å². The lowest BCUT2D eigenvalue weighted by Crippen LogP contribution is -2.21. The van der Waals surface area contributed by atoms with Crippen LogP contribution >= 0.6 is 11.3 Å². The van der Waals surface area contributed by atoms with Crippen molar-refractivity contribution < 1.29 is 23.9 Å². The molecule has 0 fully saturated rings. The van der Waals surface area contributed by atoms with E-state index in [1.807, 2.05) is 6.07 Å². The van der Waals surface area contributed by atoms with E-state index in [1.165, 1.54) is 35.0 Å². The van der Waals surface area contributed by atoms with Gasteiger partial charge in [-0.15, -0.1) is 11.3 Å². The van der Waals surface area contributed by atoms with Crippen LogP contribution in [-0.2, 0) is 27.1 Å². The number of hydrogen-bond donors (Lipinski definition) is 1. The number of rotatable bonds is 5. The lowest BCUT2D eigenvalue weighted by atomic mass is 10.1. The first kappa shape index (κ1) is 18.1. The summed E-state index contributed by atoms with van der Waals surface area (Å²) < 4.78 is 9.78. The number of esters is 2. The minimum atomic E-state index is -0.488. The molecule has 0 spiro atoms. The number of nitrogens with one attached hydrogen (secondary N) is 1. The predicted molar refractivity (Wildman–Crippen MR) is 97.8 cm³/mol. The van der Waals surface area contributed by atoms with Crippen molar-refractivity contribution >= 4 is 34.9 Å². The first-order valence-corrected chi connectivity index (χ1v) is 9.07. The molecule has 0 atom stereocenters. The molecule has 7 heteroatoms. The van der Waals surface area contributed by atoms with E-state index in [9.17, 15) is 14.4 Å². The number of aryl methyl sites for hydroxylation is 3. The van der Waals surface area contributed by atoms with Crippen molar-refractivity contribution in [3.05, 3.63) is 50.7 Å². The van der Waals surface area contributed by atoms with E-state index in [0.29, 0.717) is 16.1 Å². The van der Waals surface area contributed by atoms with Gasteiger partial charge in [-0.3, -0.25) is 4.79 Å². The van der Waals surface area contributed by atoms with E-state index in [2.05, 4.69) is 10.1 Å². The molecule has 0 saturated carbocycles. The first-order chi connectivity index (χ1) is 12.5. The molecule has 0 radical (unpaired) electrons. The molecule has 0 saturated heterocycles. The van der Waals surface area contributed by atoms with E-state index in [0.717, 1.165) is 24.8 Å². The van der Waals surface area contributed by atoms with E-state index >= 15 is 0 Å². The average molecular weight is 373 g/mol. The van der Waals surface area contributed by atoms with Crippen LogP contribution in [0.1, 0.15) is 42.5 Å². The Labute approximate surface area is 155 Å². The Morgan fingerprint density at radius 2 is 1.96 bits per heavy atom. The van der Waals surface area contributed by atoms with Crippen molar-refractivity contribution in [2.24, 2.45) is 0 Å². The standard InChI is InChI=1S/C19H19NO5S/c1-11-6-7-13(18(22)24-2)8-14(11)20-17(21)10-25-19(23)16-9-12-4-3-5-15(12)26-16/h6-9H,3-5,10H2,1-2H3,(H,20,21). The molecule has 1 aliphatic carbocycles. The number of fused-ring (bicyclic) bond motifs is 1. The van der Waals surface area contributed by atoms with Gasteiger partial charge in [0.05, 0.1) is 12.7 Å². The average Bonchev–Trinajstić information content (AvgIpc) is 3.23. The molecule has 1 aromatic heterocycles. The van der Waals surface area contributed by atoms with Crippen molar-refractivity contribution in [3.8, 4) is 0 Å². The fraction of sp³-hybridized carbons (Fsp3) is 0.316. The summed E-state index contributed by atoms with van der Waals surface area (Å²) >= 11 is 1.44. The number of methoxy groups -OCH3 is 1. The van der Waals surface area contributed by atoms with Gasteiger partial charge in [-0.2, -0.15) is 0 Å². The monoisotopic (exact) mass is 373 g/mol. The highest BCUT2D eigenvalue weighted by Crippen LogP contribution is 2.30. The van der Waals surface area contributed by atoms with Crippen molar-refractivity contribution in [2.45, 2.75) is 26.2 Å². The number of benzene rings is 1. The minimum absolute atomic E-state index is 0.332. The Morgan fingerprint density at radius 3 is 2.69 bits per heavy atom. The molecule has 136 valence electrons. The van der Waals surface area contributed by atoms with Crippen LogP contribution in [0.2, 0.25) is 0 Å². The van der Waals surface area contributed by atoms with E-state index in [4.69, 9.17) is 4.74 Å². The maximum absolute atomic E-state index is 12.1. The molecule has 2 aromatic rings. The first-order valence-electron chi connectivity index (χ1n) is 8.25. The Hall–Kier alpha value is -2.67. The molecule has 1 amide bonds. The summed E-state index contributed by atoms with van der Waals surface area (Å²) in [7, 11) is 1.29. The van der Waals surface area contributed by atoms with Crippen LogP contribution in [0.4, 0.5) is 5.69 Å². The van der Waals surface area contributed by atoms with Gasteiger partial charge < -0.3 is 14.8 Å². The summed E-state index contributed by atoms with van der Waals surface area (Å²) in [5.41, 5.74) is 2.80. The topological polar surface area (TPSA) is 81.7 Å². The van der Waals surface area contributed by atoms with Crippen LogP contribution in [0, 0.1) is 6.92 Å². The molecular formula is C19H19NO5S. The summed E-state index contributed by atoms with van der Waals surface area (Å²) in [5, 5.41) is 2.65. The second-order valence-corrected chi connectivity index (χ2v) is 7.19. The zero-order valence-electron chi connectivity index (χ0n) is 14.6. The van der Waals surface area contributed by atoms with Gasteiger partial charge in [0, 0.05) is 10.6 Å². The summed E-state index contributed by atoms with van der Waals surface area (Å²) in [6.45, 7) is 1.42. The molecule has 0 bridgehead atoms. The van der Waals surface area contributed by atoms with Gasteiger partial charge in [-0.1, -0.05) is 6.07 Å². The van der Waals surface area contributed by atoms with Crippen LogP contribution in [0.15, 0.2) is 24.3 Å². The lowest BCUT2D eigenvalue weighted by molar-refractivity contribution is -0.119. The summed E-state index contributed by atoms with van der Waals surface area (Å²) in [4.78, 5) is 37.6. The highest BCUT2D eigenvalue weighted by Gasteiger charge is 2.20. The molecular weight excluding hydrogens is 354 g/mol. The fourth-order valence-corrected chi connectivity index (χ4v) is 3.97. The highest BCUT2D eigenvalue weighted by molar-refractivity contribution is 7.14. The van der Waals surface area contributed by atoms with Gasteiger partial charge in [0.2, 0.25) is 0 Å². The van der Waals surface area contributed by atoms with Gasteiger partial charge in [0.1, 0.15) is 4.88 Å². The summed E-state index contributed by atoms with van der Waals surface area (Å²) in [5.74, 6) is -1.44. The van der Waals surface area contributed by atoms with E-state index < -0.39 is 17.8 Å².